The highest BCUT2D eigenvalue weighted by molar-refractivity contribution is 5.27. The molecule has 128 valence electrons. The normalized spacial score (nSPS) is 20.9. The van der Waals surface area contributed by atoms with Gasteiger partial charge in [-0.2, -0.15) is 0 Å². The molecular weight excluding hydrogens is 292 g/mol. The second kappa shape index (κ2) is 8.64. The summed E-state index contributed by atoms with van der Waals surface area (Å²) in [7, 11) is 1.71. The molecule has 0 unspecified atom stereocenters. The zero-order chi connectivity index (χ0) is 15.9. The van der Waals surface area contributed by atoms with E-state index in [4.69, 9.17) is 14.2 Å². The van der Waals surface area contributed by atoms with Crippen molar-refractivity contribution in [3.63, 3.8) is 0 Å². The first-order valence-electron chi connectivity index (χ1n) is 8.64. The minimum atomic E-state index is 0.0306. The van der Waals surface area contributed by atoms with Crippen molar-refractivity contribution in [2.24, 2.45) is 0 Å². The van der Waals surface area contributed by atoms with Gasteiger partial charge in [0.15, 0.2) is 6.29 Å². The van der Waals surface area contributed by atoms with Crippen LogP contribution in [0.5, 0.6) is 5.75 Å². The molecule has 3 rings (SSSR count). The van der Waals surface area contributed by atoms with Gasteiger partial charge in [0, 0.05) is 45.7 Å². The first-order valence-corrected chi connectivity index (χ1v) is 8.64. The van der Waals surface area contributed by atoms with Crippen LogP contribution in [-0.4, -0.2) is 75.7 Å². The summed E-state index contributed by atoms with van der Waals surface area (Å²) in [6, 6.07) is 8.41. The number of methoxy groups -OCH3 is 1. The van der Waals surface area contributed by atoms with Crippen LogP contribution in [0.3, 0.4) is 0 Å². The van der Waals surface area contributed by atoms with E-state index in [1.807, 2.05) is 12.1 Å². The summed E-state index contributed by atoms with van der Waals surface area (Å²) < 4.78 is 16.2. The van der Waals surface area contributed by atoms with Crippen molar-refractivity contribution in [3.8, 4) is 5.75 Å². The van der Waals surface area contributed by atoms with E-state index >= 15 is 0 Å². The molecule has 0 atom stereocenters. The molecule has 1 aromatic rings. The number of nitrogens with zero attached hydrogens (tertiary/aromatic N) is 2. The molecule has 5 nitrogen and oxygen atoms in total. The lowest BCUT2D eigenvalue weighted by Gasteiger charge is -2.35. The lowest BCUT2D eigenvalue weighted by Crippen LogP contribution is -2.47. The Kier molecular flexibility index (Phi) is 6.28. The van der Waals surface area contributed by atoms with Crippen LogP contribution in [-0.2, 0) is 15.9 Å². The Morgan fingerprint density at radius 1 is 0.957 bits per heavy atom. The van der Waals surface area contributed by atoms with Crippen molar-refractivity contribution < 1.29 is 14.2 Å². The van der Waals surface area contributed by atoms with Gasteiger partial charge in [-0.15, -0.1) is 0 Å². The molecule has 0 saturated carbocycles. The van der Waals surface area contributed by atoms with Crippen LogP contribution < -0.4 is 4.74 Å². The van der Waals surface area contributed by atoms with Crippen LogP contribution in [0.1, 0.15) is 12.0 Å². The van der Waals surface area contributed by atoms with Crippen molar-refractivity contribution in [2.45, 2.75) is 19.1 Å². The molecule has 2 saturated heterocycles. The molecular formula is C18H28N2O3. The third-order valence-electron chi connectivity index (χ3n) is 4.71. The van der Waals surface area contributed by atoms with Gasteiger partial charge in [-0.05, 0) is 24.1 Å². The lowest BCUT2D eigenvalue weighted by molar-refractivity contribution is -0.0532. The summed E-state index contributed by atoms with van der Waals surface area (Å²) in [5.41, 5.74) is 1.38. The first kappa shape index (κ1) is 16.7. The maximum absolute atomic E-state index is 5.50. The third kappa shape index (κ3) is 5.18. The second-order valence-corrected chi connectivity index (χ2v) is 6.24. The smallest absolute Gasteiger partial charge is 0.159 e. The lowest BCUT2D eigenvalue weighted by atomic mass is 10.1. The van der Waals surface area contributed by atoms with Gasteiger partial charge in [0.1, 0.15) is 5.75 Å². The Bertz CT molecular complexity index is 452. The predicted molar refractivity (Wildman–Crippen MR) is 89.9 cm³/mol. The zero-order valence-electron chi connectivity index (χ0n) is 14.1. The molecule has 2 aliphatic heterocycles. The number of benzene rings is 1. The summed E-state index contributed by atoms with van der Waals surface area (Å²) in [5.74, 6) is 0.928. The summed E-state index contributed by atoms with van der Waals surface area (Å²) in [5, 5.41) is 0. The van der Waals surface area contributed by atoms with E-state index in [9.17, 15) is 0 Å². The van der Waals surface area contributed by atoms with Gasteiger partial charge in [0.25, 0.3) is 0 Å². The maximum Gasteiger partial charge on any atom is 0.159 e. The van der Waals surface area contributed by atoms with Crippen LogP contribution in [0.25, 0.3) is 0 Å². The van der Waals surface area contributed by atoms with Gasteiger partial charge < -0.3 is 24.0 Å². The van der Waals surface area contributed by atoms with E-state index in [1.54, 1.807) is 7.11 Å². The first-order chi connectivity index (χ1) is 11.3. The second-order valence-electron chi connectivity index (χ2n) is 6.24. The predicted octanol–water partition coefficient (Wildman–Crippen LogP) is 1.62. The average Bonchev–Trinajstić information content (AvgIpc) is 3.13. The van der Waals surface area contributed by atoms with E-state index < -0.39 is 0 Å². The number of piperazine rings is 1. The van der Waals surface area contributed by atoms with Crippen molar-refractivity contribution >= 4 is 0 Å². The van der Waals surface area contributed by atoms with Crippen LogP contribution in [0.15, 0.2) is 24.3 Å². The molecule has 0 bridgehead atoms. The fraction of sp³-hybridized carbons (Fsp3) is 0.667. The quantitative estimate of drug-likeness (QED) is 0.763. The Morgan fingerprint density at radius 3 is 2.17 bits per heavy atom. The van der Waals surface area contributed by atoms with Gasteiger partial charge in [0.2, 0.25) is 0 Å². The third-order valence-corrected chi connectivity index (χ3v) is 4.71. The summed E-state index contributed by atoms with van der Waals surface area (Å²) in [6.45, 7) is 8.33. The van der Waals surface area contributed by atoms with Crippen LogP contribution in [0, 0.1) is 0 Å². The molecule has 23 heavy (non-hydrogen) atoms. The maximum atomic E-state index is 5.50. The monoisotopic (exact) mass is 320 g/mol. The number of ether oxygens (including phenoxy) is 3. The average molecular weight is 320 g/mol. The van der Waals surface area contributed by atoms with Crippen LogP contribution in [0.2, 0.25) is 0 Å². The molecule has 0 radical (unpaired) electrons. The van der Waals surface area contributed by atoms with E-state index in [2.05, 4.69) is 21.9 Å². The van der Waals surface area contributed by atoms with Crippen molar-refractivity contribution in [1.82, 2.24) is 9.80 Å². The topological polar surface area (TPSA) is 34.2 Å². The van der Waals surface area contributed by atoms with Crippen LogP contribution in [0.4, 0.5) is 0 Å². The van der Waals surface area contributed by atoms with Crippen molar-refractivity contribution in [1.29, 1.82) is 0 Å². The Labute approximate surface area is 139 Å². The number of rotatable bonds is 7. The van der Waals surface area contributed by atoms with E-state index in [-0.39, 0.29) is 6.29 Å². The minimum Gasteiger partial charge on any atom is -0.497 e. The Morgan fingerprint density at radius 2 is 1.57 bits per heavy atom. The number of hydrogen-bond donors (Lipinski definition) is 0. The van der Waals surface area contributed by atoms with Crippen molar-refractivity contribution in [3.05, 3.63) is 29.8 Å². The Hall–Kier alpha value is -1.14. The Balaban J connectivity index is 1.32. The molecule has 5 heteroatoms. The van der Waals surface area contributed by atoms with Gasteiger partial charge in [-0.1, -0.05) is 12.1 Å². The van der Waals surface area contributed by atoms with E-state index in [0.717, 1.165) is 71.1 Å². The molecule has 2 aliphatic rings. The molecule has 2 fully saturated rings. The van der Waals surface area contributed by atoms with Crippen LogP contribution >= 0.6 is 0 Å². The highest BCUT2D eigenvalue weighted by Crippen LogP contribution is 2.13. The molecule has 0 N–H and O–H groups in total. The van der Waals surface area contributed by atoms with Gasteiger partial charge in [-0.3, -0.25) is 0 Å². The summed E-state index contributed by atoms with van der Waals surface area (Å²) in [6.07, 6.45) is 2.13. The molecule has 1 aromatic carbocycles. The van der Waals surface area contributed by atoms with Crippen molar-refractivity contribution in [2.75, 3.05) is 59.6 Å². The minimum absolute atomic E-state index is 0.0306. The molecule has 0 spiro atoms. The SMILES string of the molecule is COc1ccc(CCN2CCN(CCC3OCCO3)CC2)cc1. The highest BCUT2D eigenvalue weighted by atomic mass is 16.7. The highest BCUT2D eigenvalue weighted by Gasteiger charge is 2.20. The number of hydrogen-bond acceptors (Lipinski definition) is 5. The molecule has 2 heterocycles. The summed E-state index contributed by atoms with van der Waals surface area (Å²) >= 11 is 0. The van der Waals surface area contributed by atoms with Gasteiger partial charge in [-0.25, -0.2) is 0 Å². The zero-order valence-corrected chi connectivity index (χ0v) is 14.1. The molecule has 0 amide bonds. The standard InChI is InChI=1S/C18H28N2O3/c1-21-17-4-2-16(3-5-17)6-8-19-10-12-20(13-11-19)9-7-18-22-14-15-23-18/h2-5,18H,6-15H2,1H3. The fourth-order valence-corrected chi connectivity index (χ4v) is 3.18. The fourth-order valence-electron chi connectivity index (χ4n) is 3.18. The summed E-state index contributed by atoms with van der Waals surface area (Å²) in [4.78, 5) is 5.08. The van der Waals surface area contributed by atoms with Gasteiger partial charge >= 0.3 is 0 Å². The largest absolute Gasteiger partial charge is 0.497 e. The molecule has 0 aliphatic carbocycles. The van der Waals surface area contributed by atoms with E-state index in [1.165, 1.54) is 5.56 Å². The molecule has 0 aromatic heterocycles. The van der Waals surface area contributed by atoms with E-state index in [0.29, 0.717) is 0 Å². The van der Waals surface area contributed by atoms with Gasteiger partial charge in [0.05, 0.1) is 20.3 Å².